The lowest BCUT2D eigenvalue weighted by Crippen LogP contribution is -2.29. The van der Waals surface area contributed by atoms with Gasteiger partial charge in [0, 0.05) is 39.7 Å². The SMILES string of the molecule is O=C(c1ccccc1)c1ccc(CC2Cc3ccccc3N2c2ccc(C(=O)c3ccccc3)cc2)cc1. The highest BCUT2D eigenvalue weighted by atomic mass is 16.1. The van der Waals surface area contributed by atoms with Crippen LogP contribution in [0.15, 0.2) is 133 Å². The third kappa shape index (κ3) is 4.67. The van der Waals surface area contributed by atoms with Gasteiger partial charge in [-0.2, -0.15) is 0 Å². The van der Waals surface area contributed by atoms with E-state index >= 15 is 0 Å². The van der Waals surface area contributed by atoms with Crippen molar-refractivity contribution in [1.29, 1.82) is 0 Å². The van der Waals surface area contributed by atoms with Crippen molar-refractivity contribution in [2.75, 3.05) is 4.90 Å². The number of hydrogen-bond donors (Lipinski definition) is 0. The topological polar surface area (TPSA) is 37.4 Å². The van der Waals surface area contributed by atoms with Crippen molar-refractivity contribution in [3.05, 3.63) is 167 Å². The highest BCUT2D eigenvalue weighted by Gasteiger charge is 2.30. The van der Waals surface area contributed by atoms with Gasteiger partial charge < -0.3 is 4.90 Å². The summed E-state index contributed by atoms with van der Waals surface area (Å²) in [6.45, 7) is 0. The molecular formula is C35H27NO2. The molecule has 0 saturated carbocycles. The smallest absolute Gasteiger partial charge is 0.193 e. The van der Waals surface area contributed by atoms with Gasteiger partial charge in [0.15, 0.2) is 11.6 Å². The fourth-order valence-corrected chi connectivity index (χ4v) is 5.32. The van der Waals surface area contributed by atoms with Gasteiger partial charge in [-0.25, -0.2) is 0 Å². The minimum Gasteiger partial charge on any atom is -0.337 e. The molecule has 184 valence electrons. The second kappa shape index (κ2) is 10.3. The van der Waals surface area contributed by atoms with Crippen molar-refractivity contribution >= 4 is 22.9 Å². The number of carbonyl (C=O) groups is 2. The number of para-hydroxylation sites is 1. The number of benzene rings is 5. The van der Waals surface area contributed by atoms with Crippen LogP contribution in [0, 0.1) is 0 Å². The Morgan fingerprint density at radius 1 is 0.553 bits per heavy atom. The Labute approximate surface area is 223 Å². The van der Waals surface area contributed by atoms with E-state index in [2.05, 4.69) is 41.3 Å². The number of hydrogen-bond acceptors (Lipinski definition) is 3. The summed E-state index contributed by atoms with van der Waals surface area (Å²) in [7, 11) is 0. The molecule has 0 saturated heterocycles. The van der Waals surface area contributed by atoms with E-state index in [0.29, 0.717) is 22.3 Å². The summed E-state index contributed by atoms with van der Waals surface area (Å²) in [5.74, 6) is 0.0675. The summed E-state index contributed by atoms with van der Waals surface area (Å²) in [4.78, 5) is 28.1. The molecule has 0 N–H and O–H groups in total. The molecule has 1 aliphatic heterocycles. The Morgan fingerprint density at radius 2 is 1.03 bits per heavy atom. The quantitative estimate of drug-likeness (QED) is 0.221. The maximum absolute atomic E-state index is 12.9. The van der Waals surface area contributed by atoms with Gasteiger partial charge in [0.25, 0.3) is 0 Å². The van der Waals surface area contributed by atoms with Crippen LogP contribution in [-0.4, -0.2) is 17.6 Å². The van der Waals surface area contributed by atoms with E-state index < -0.39 is 0 Å². The zero-order valence-corrected chi connectivity index (χ0v) is 21.0. The van der Waals surface area contributed by atoms with Crippen LogP contribution >= 0.6 is 0 Å². The minimum absolute atomic E-state index is 0.0284. The van der Waals surface area contributed by atoms with Crippen LogP contribution in [0.5, 0.6) is 0 Å². The molecule has 5 aromatic rings. The highest BCUT2D eigenvalue weighted by Crippen LogP contribution is 2.39. The van der Waals surface area contributed by atoms with Crippen molar-refractivity contribution < 1.29 is 9.59 Å². The molecule has 6 rings (SSSR count). The lowest BCUT2D eigenvalue weighted by molar-refractivity contribution is 0.103. The number of fused-ring (bicyclic) bond motifs is 1. The Hall–Kier alpha value is -4.76. The molecule has 5 aromatic carbocycles. The summed E-state index contributed by atoms with van der Waals surface area (Å²) in [6.07, 6.45) is 1.78. The average Bonchev–Trinajstić information content (AvgIpc) is 3.35. The molecule has 38 heavy (non-hydrogen) atoms. The summed E-state index contributed by atoms with van der Waals surface area (Å²) < 4.78 is 0. The minimum atomic E-state index is 0.0284. The normalized spacial score (nSPS) is 14.2. The molecule has 3 heteroatoms. The molecule has 3 nitrogen and oxygen atoms in total. The maximum Gasteiger partial charge on any atom is 0.193 e. The summed E-state index contributed by atoms with van der Waals surface area (Å²) in [5, 5.41) is 0. The molecule has 1 atom stereocenters. The van der Waals surface area contributed by atoms with Crippen molar-refractivity contribution in [3.63, 3.8) is 0 Å². The molecule has 0 fully saturated rings. The summed E-state index contributed by atoms with van der Waals surface area (Å²) >= 11 is 0. The molecule has 0 spiro atoms. The van der Waals surface area contributed by atoms with Crippen LogP contribution in [0.1, 0.15) is 43.0 Å². The molecule has 0 bridgehead atoms. The predicted molar refractivity (Wildman–Crippen MR) is 152 cm³/mol. The number of nitrogens with zero attached hydrogens (tertiary/aromatic N) is 1. The van der Waals surface area contributed by atoms with Crippen molar-refractivity contribution in [2.45, 2.75) is 18.9 Å². The van der Waals surface area contributed by atoms with Gasteiger partial charge in [-0.15, -0.1) is 0 Å². The van der Waals surface area contributed by atoms with E-state index in [-0.39, 0.29) is 17.6 Å². The first-order valence-corrected chi connectivity index (χ1v) is 12.9. The first kappa shape index (κ1) is 23.6. The zero-order chi connectivity index (χ0) is 25.9. The fourth-order valence-electron chi connectivity index (χ4n) is 5.32. The van der Waals surface area contributed by atoms with E-state index in [1.165, 1.54) is 16.8 Å². The molecular weight excluding hydrogens is 466 g/mol. The lowest BCUT2D eigenvalue weighted by Gasteiger charge is -2.28. The largest absolute Gasteiger partial charge is 0.337 e. The standard InChI is InChI=1S/C35H27NO2/c37-34(26-9-3-1-4-10-26)28-17-15-25(16-18-28)23-32-24-30-13-7-8-14-33(30)36(32)31-21-19-29(20-22-31)35(38)27-11-5-2-6-12-27/h1-22,32H,23-24H2. The van der Waals surface area contributed by atoms with Gasteiger partial charge in [-0.05, 0) is 54.3 Å². The number of ketones is 2. The molecule has 0 radical (unpaired) electrons. The molecule has 0 amide bonds. The van der Waals surface area contributed by atoms with Crippen LogP contribution < -0.4 is 4.90 Å². The zero-order valence-electron chi connectivity index (χ0n) is 21.0. The van der Waals surface area contributed by atoms with Crippen LogP contribution in [-0.2, 0) is 12.8 Å². The van der Waals surface area contributed by atoms with E-state index in [4.69, 9.17) is 0 Å². The Kier molecular flexibility index (Phi) is 6.41. The van der Waals surface area contributed by atoms with Crippen LogP contribution in [0.2, 0.25) is 0 Å². The van der Waals surface area contributed by atoms with Gasteiger partial charge in [0.1, 0.15) is 0 Å². The van der Waals surface area contributed by atoms with Crippen LogP contribution in [0.25, 0.3) is 0 Å². The average molecular weight is 494 g/mol. The molecule has 1 heterocycles. The summed E-state index contributed by atoms with van der Waals surface area (Å²) in [5.41, 5.74) is 7.56. The Balaban J connectivity index is 1.24. The monoisotopic (exact) mass is 493 g/mol. The Morgan fingerprint density at radius 3 is 1.61 bits per heavy atom. The van der Waals surface area contributed by atoms with Crippen molar-refractivity contribution in [2.24, 2.45) is 0 Å². The van der Waals surface area contributed by atoms with E-state index in [0.717, 1.165) is 18.5 Å². The third-order valence-corrected chi connectivity index (χ3v) is 7.24. The predicted octanol–water partition coefficient (Wildman–Crippen LogP) is 7.45. The van der Waals surface area contributed by atoms with Crippen molar-refractivity contribution in [3.8, 4) is 0 Å². The lowest BCUT2D eigenvalue weighted by atomic mass is 9.98. The van der Waals surface area contributed by atoms with Crippen molar-refractivity contribution in [1.82, 2.24) is 0 Å². The first-order chi connectivity index (χ1) is 18.7. The van der Waals surface area contributed by atoms with Gasteiger partial charge in [0.05, 0.1) is 0 Å². The van der Waals surface area contributed by atoms with Crippen LogP contribution in [0.3, 0.4) is 0 Å². The van der Waals surface area contributed by atoms with Gasteiger partial charge in [-0.1, -0.05) is 103 Å². The molecule has 0 aliphatic carbocycles. The van der Waals surface area contributed by atoms with E-state index in [9.17, 15) is 9.59 Å². The van der Waals surface area contributed by atoms with E-state index in [1.54, 1.807) is 0 Å². The van der Waals surface area contributed by atoms with E-state index in [1.807, 2.05) is 97.1 Å². The fraction of sp³-hybridized carbons (Fsp3) is 0.0857. The van der Waals surface area contributed by atoms with Crippen LogP contribution in [0.4, 0.5) is 11.4 Å². The highest BCUT2D eigenvalue weighted by molar-refractivity contribution is 6.09. The number of carbonyl (C=O) groups excluding carboxylic acids is 2. The first-order valence-electron chi connectivity index (χ1n) is 12.9. The molecule has 0 aromatic heterocycles. The van der Waals surface area contributed by atoms with Gasteiger partial charge in [-0.3, -0.25) is 9.59 Å². The van der Waals surface area contributed by atoms with Gasteiger partial charge >= 0.3 is 0 Å². The molecule has 1 aliphatic rings. The number of rotatable bonds is 7. The Bertz CT molecular complexity index is 1570. The number of anilines is 2. The van der Waals surface area contributed by atoms with Gasteiger partial charge in [0.2, 0.25) is 0 Å². The maximum atomic E-state index is 12.9. The summed E-state index contributed by atoms with van der Waals surface area (Å²) in [6, 6.07) is 43.5. The second-order valence-corrected chi connectivity index (χ2v) is 9.69. The molecule has 1 unspecified atom stereocenters. The third-order valence-electron chi connectivity index (χ3n) is 7.24. The second-order valence-electron chi connectivity index (χ2n) is 9.69.